The molecule has 2 aromatic carbocycles. The van der Waals surface area contributed by atoms with E-state index in [9.17, 15) is 4.79 Å². The lowest BCUT2D eigenvalue weighted by atomic mass is 10.1. The van der Waals surface area contributed by atoms with Gasteiger partial charge in [0.2, 0.25) is 0 Å². The maximum Gasteiger partial charge on any atom is 0.259 e. The van der Waals surface area contributed by atoms with Crippen LogP contribution in [0.25, 0.3) is 11.0 Å². The number of hydrogen-bond acceptors (Lipinski definition) is 6. The molecule has 150 valence electrons. The minimum atomic E-state index is -0.206. The van der Waals surface area contributed by atoms with Crippen LogP contribution in [0.15, 0.2) is 48.7 Å². The highest BCUT2D eigenvalue weighted by Crippen LogP contribution is 2.29. The molecule has 0 unspecified atom stereocenters. The second-order valence-corrected chi connectivity index (χ2v) is 7.04. The third-order valence-electron chi connectivity index (χ3n) is 5.27. The first-order valence-corrected chi connectivity index (χ1v) is 9.70. The first-order chi connectivity index (χ1) is 14.2. The number of methoxy groups -OCH3 is 2. The van der Waals surface area contributed by atoms with Gasteiger partial charge in [-0.1, -0.05) is 18.2 Å². The van der Waals surface area contributed by atoms with Gasteiger partial charge in [0.05, 0.1) is 31.4 Å². The molecule has 1 aliphatic carbocycles. The van der Waals surface area contributed by atoms with E-state index >= 15 is 0 Å². The Kier molecular flexibility index (Phi) is 5.46. The molecule has 29 heavy (non-hydrogen) atoms. The number of aromatic nitrogens is 2. The number of benzene rings is 2. The number of nitrogens with zero attached hydrogens (tertiary/aromatic N) is 2. The molecule has 0 spiro atoms. The Morgan fingerprint density at radius 1 is 0.966 bits per heavy atom. The van der Waals surface area contributed by atoms with Crippen LogP contribution in [0, 0.1) is 0 Å². The Morgan fingerprint density at radius 2 is 1.66 bits per heavy atom. The molecule has 4 rings (SSSR count). The summed E-state index contributed by atoms with van der Waals surface area (Å²) in [6.07, 6.45) is 4.60. The third-order valence-corrected chi connectivity index (χ3v) is 5.27. The number of carbonyl (C=O) groups is 1. The van der Waals surface area contributed by atoms with Crippen LogP contribution in [-0.4, -0.2) is 42.2 Å². The number of fused-ring (bicyclic) bond motifs is 1. The van der Waals surface area contributed by atoms with Gasteiger partial charge in [-0.25, -0.2) is 4.98 Å². The van der Waals surface area contributed by atoms with Gasteiger partial charge in [-0.15, -0.1) is 0 Å². The molecule has 0 aliphatic heterocycles. The van der Waals surface area contributed by atoms with Crippen molar-refractivity contribution in [1.82, 2.24) is 15.3 Å². The lowest BCUT2D eigenvalue weighted by Crippen LogP contribution is -2.43. The van der Waals surface area contributed by atoms with Crippen LogP contribution in [0.3, 0.4) is 0 Å². The molecule has 7 nitrogen and oxygen atoms in total. The molecular formula is C22H24N4O3. The Bertz CT molecular complexity index is 1000. The van der Waals surface area contributed by atoms with E-state index in [-0.39, 0.29) is 18.0 Å². The Balaban J connectivity index is 1.51. The van der Waals surface area contributed by atoms with E-state index in [1.807, 2.05) is 24.3 Å². The van der Waals surface area contributed by atoms with E-state index < -0.39 is 0 Å². The van der Waals surface area contributed by atoms with Crippen LogP contribution in [0.4, 0.5) is 5.82 Å². The van der Waals surface area contributed by atoms with Crippen LogP contribution in [0.2, 0.25) is 0 Å². The Hall–Kier alpha value is -3.35. The quantitative estimate of drug-likeness (QED) is 0.669. The van der Waals surface area contributed by atoms with E-state index in [1.165, 1.54) is 0 Å². The first-order valence-electron chi connectivity index (χ1n) is 9.70. The molecule has 1 amide bonds. The predicted octanol–water partition coefficient (Wildman–Crippen LogP) is 3.41. The van der Waals surface area contributed by atoms with Gasteiger partial charge in [-0.2, -0.15) is 0 Å². The van der Waals surface area contributed by atoms with Gasteiger partial charge in [0.1, 0.15) is 22.9 Å². The summed E-state index contributed by atoms with van der Waals surface area (Å²) in [6.45, 7) is 0. The van der Waals surface area contributed by atoms with Gasteiger partial charge >= 0.3 is 0 Å². The van der Waals surface area contributed by atoms with Crippen LogP contribution in [-0.2, 0) is 0 Å². The summed E-state index contributed by atoms with van der Waals surface area (Å²) >= 11 is 0. The number of hydrogen-bond donors (Lipinski definition) is 2. The van der Waals surface area contributed by atoms with Crippen molar-refractivity contribution in [3.63, 3.8) is 0 Å². The number of anilines is 1. The highest BCUT2D eigenvalue weighted by molar-refractivity contribution is 6.00. The van der Waals surface area contributed by atoms with Crippen LogP contribution >= 0.6 is 0 Å². The lowest BCUT2D eigenvalue weighted by molar-refractivity contribution is 0.0929. The van der Waals surface area contributed by atoms with Gasteiger partial charge in [0.15, 0.2) is 0 Å². The summed E-state index contributed by atoms with van der Waals surface area (Å²) in [5.74, 6) is 1.49. The maximum absolute atomic E-state index is 13.0. The SMILES string of the molecule is COc1cccc(OC)c1C(=O)N[C@@H]1CCC[C@H]1Nc1cnc2ccccc2n1. The summed E-state index contributed by atoms with van der Waals surface area (Å²) in [5, 5.41) is 6.59. The minimum Gasteiger partial charge on any atom is -0.496 e. The standard InChI is InChI=1S/C22H24N4O3/c1-28-18-11-6-12-19(29-2)21(18)22(27)26-17-10-5-9-16(17)25-20-13-23-14-7-3-4-8-15(14)24-20/h3-4,6-8,11-13,16-17H,5,9-10H2,1-2H3,(H,24,25)(H,26,27)/t16-,17-/m1/s1. The summed E-state index contributed by atoms with van der Waals surface area (Å²) in [6, 6.07) is 13.1. The van der Waals surface area contributed by atoms with Crippen molar-refractivity contribution in [3.05, 3.63) is 54.2 Å². The van der Waals surface area contributed by atoms with Crippen molar-refractivity contribution in [2.45, 2.75) is 31.3 Å². The van der Waals surface area contributed by atoms with Crippen molar-refractivity contribution >= 4 is 22.8 Å². The van der Waals surface area contributed by atoms with Crippen LogP contribution in [0.5, 0.6) is 11.5 Å². The molecule has 2 atom stereocenters. The van der Waals surface area contributed by atoms with Crippen LogP contribution < -0.4 is 20.1 Å². The summed E-state index contributed by atoms with van der Waals surface area (Å²) < 4.78 is 10.7. The van der Waals surface area contributed by atoms with Crippen molar-refractivity contribution < 1.29 is 14.3 Å². The third kappa shape index (κ3) is 3.94. The smallest absolute Gasteiger partial charge is 0.259 e. The van der Waals surface area contributed by atoms with Gasteiger partial charge in [-0.3, -0.25) is 9.78 Å². The topological polar surface area (TPSA) is 85.4 Å². The molecule has 0 radical (unpaired) electrons. The second kappa shape index (κ2) is 8.34. The molecule has 0 saturated heterocycles. The molecule has 1 saturated carbocycles. The van der Waals surface area contributed by atoms with E-state index in [0.717, 1.165) is 30.3 Å². The molecule has 7 heteroatoms. The summed E-state index contributed by atoms with van der Waals surface area (Å²) in [5.41, 5.74) is 2.11. The van der Waals surface area contributed by atoms with Gasteiger partial charge in [0.25, 0.3) is 5.91 Å². The number of rotatable bonds is 6. The fraction of sp³-hybridized carbons (Fsp3) is 0.318. The summed E-state index contributed by atoms with van der Waals surface area (Å²) in [7, 11) is 3.09. The fourth-order valence-electron chi connectivity index (χ4n) is 3.84. The zero-order chi connectivity index (χ0) is 20.2. The van der Waals surface area contributed by atoms with Gasteiger partial charge < -0.3 is 20.1 Å². The second-order valence-electron chi connectivity index (χ2n) is 7.04. The number of carbonyl (C=O) groups excluding carboxylic acids is 1. The number of amides is 1. The minimum absolute atomic E-state index is 0.0228. The number of ether oxygens (including phenoxy) is 2. The van der Waals surface area contributed by atoms with Gasteiger partial charge in [-0.05, 0) is 43.5 Å². The monoisotopic (exact) mass is 392 g/mol. The zero-order valence-corrected chi connectivity index (χ0v) is 16.5. The number of nitrogens with one attached hydrogen (secondary N) is 2. The zero-order valence-electron chi connectivity index (χ0n) is 16.5. The highest BCUT2D eigenvalue weighted by atomic mass is 16.5. The molecule has 2 N–H and O–H groups in total. The average molecular weight is 392 g/mol. The van der Waals surface area contributed by atoms with Gasteiger partial charge in [0, 0.05) is 12.1 Å². The lowest BCUT2D eigenvalue weighted by Gasteiger charge is -2.23. The highest BCUT2D eigenvalue weighted by Gasteiger charge is 2.30. The number of para-hydroxylation sites is 2. The fourth-order valence-corrected chi connectivity index (χ4v) is 3.84. The molecule has 1 heterocycles. The van der Waals surface area contributed by atoms with Crippen molar-refractivity contribution in [1.29, 1.82) is 0 Å². The maximum atomic E-state index is 13.0. The molecule has 3 aromatic rings. The normalized spacial score (nSPS) is 18.4. The molecule has 1 aromatic heterocycles. The Labute approximate surface area is 169 Å². The molecule has 0 bridgehead atoms. The van der Waals surface area contributed by atoms with E-state index in [1.54, 1.807) is 38.6 Å². The van der Waals surface area contributed by atoms with E-state index in [2.05, 4.69) is 20.6 Å². The van der Waals surface area contributed by atoms with Crippen LogP contribution in [0.1, 0.15) is 29.6 Å². The molecular weight excluding hydrogens is 368 g/mol. The van der Waals surface area contributed by atoms with Crippen molar-refractivity contribution in [2.75, 3.05) is 19.5 Å². The largest absolute Gasteiger partial charge is 0.496 e. The van der Waals surface area contributed by atoms with E-state index in [0.29, 0.717) is 22.9 Å². The predicted molar refractivity (Wildman–Crippen MR) is 112 cm³/mol. The van der Waals surface area contributed by atoms with Crippen molar-refractivity contribution in [2.24, 2.45) is 0 Å². The average Bonchev–Trinajstić information content (AvgIpc) is 3.19. The molecule has 1 aliphatic rings. The van der Waals surface area contributed by atoms with E-state index in [4.69, 9.17) is 9.47 Å². The molecule has 1 fully saturated rings. The summed E-state index contributed by atoms with van der Waals surface area (Å²) in [4.78, 5) is 22.1. The van der Waals surface area contributed by atoms with Crippen molar-refractivity contribution in [3.8, 4) is 11.5 Å². The Morgan fingerprint density at radius 3 is 2.38 bits per heavy atom. The first kappa shape index (κ1) is 19.0.